The van der Waals surface area contributed by atoms with Crippen LogP contribution in [0.1, 0.15) is 46.6 Å². The average Bonchev–Trinajstić information content (AvgIpc) is 2.99. The van der Waals surface area contributed by atoms with E-state index in [9.17, 15) is 20.3 Å². The average molecular weight is 349 g/mol. The summed E-state index contributed by atoms with van der Waals surface area (Å²) in [6.07, 6.45) is 0. The molecule has 130 valence electrons. The highest BCUT2D eigenvalue weighted by Gasteiger charge is 2.40. The van der Waals surface area contributed by atoms with E-state index in [0.717, 1.165) is 0 Å². The Morgan fingerprint density at radius 3 is 2.58 bits per heavy atom. The number of aromatic nitrogens is 1. The third kappa shape index (κ3) is 1.97. The molecule has 0 atom stereocenters. The van der Waals surface area contributed by atoms with Crippen LogP contribution in [0, 0.1) is 11.3 Å². The van der Waals surface area contributed by atoms with E-state index in [4.69, 9.17) is 5.26 Å². The second-order valence-corrected chi connectivity index (χ2v) is 6.88. The van der Waals surface area contributed by atoms with E-state index >= 15 is 0 Å². The minimum absolute atomic E-state index is 0.209. The molecule has 1 aliphatic carbocycles. The van der Waals surface area contributed by atoms with E-state index in [1.165, 1.54) is 12.1 Å². The molecule has 0 bridgehead atoms. The van der Waals surface area contributed by atoms with Gasteiger partial charge in [0.25, 0.3) is 0 Å². The van der Waals surface area contributed by atoms with Crippen molar-refractivity contribution in [3.05, 3.63) is 58.3 Å². The molecule has 1 aromatic heterocycles. The van der Waals surface area contributed by atoms with Crippen molar-refractivity contribution in [1.29, 1.82) is 5.26 Å². The fourth-order valence-corrected chi connectivity index (χ4v) is 3.68. The number of ketones is 1. The number of nitrogens with one attached hydrogen (secondary N) is 1. The number of anilines is 1. The van der Waals surface area contributed by atoms with E-state index < -0.39 is 5.41 Å². The van der Waals surface area contributed by atoms with Crippen molar-refractivity contribution in [3.63, 3.8) is 0 Å². The first-order valence-electron chi connectivity index (χ1n) is 7.92. The smallest absolute Gasteiger partial charge is 0.195 e. The van der Waals surface area contributed by atoms with Gasteiger partial charge >= 0.3 is 0 Å². The number of carbonyl (C=O) groups is 1. The number of phenolic OH excluding ortho intramolecular Hbond substituents is 1. The molecule has 0 spiro atoms. The Bertz CT molecular complexity index is 1140. The lowest BCUT2D eigenvalue weighted by Crippen LogP contribution is -2.30. The number of rotatable bonds is 1. The molecule has 0 saturated heterocycles. The maximum absolute atomic E-state index is 13.2. The topological polar surface area (TPSA) is 121 Å². The van der Waals surface area contributed by atoms with Crippen LogP contribution in [-0.4, -0.2) is 26.3 Å². The predicted molar refractivity (Wildman–Crippen MR) is 92.7 cm³/mol. The van der Waals surface area contributed by atoms with E-state index in [-0.39, 0.29) is 28.0 Å². The summed E-state index contributed by atoms with van der Waals surface area (Å²) >= 11 is 0. The number of hydrogen-bond donors (Lipinski definition) is 4. The Hall–Kier alpha value is -3.34. The molecule has 0 fully saturated rings. The maximum atomic E-state index is 13.2. The van der Waals surface area contributed by atoms with Crippen LogP contribution in [0.5, 0.6) is 5.75 Å². The zero-order valence-electron chi connectivity index (χ0n) is 14.0. The molecule has 0 aliphatic heterocycles. The van der Waals surface area contributed by atoms with E-state index in [1.807, 2.05) is 13.8 Å². The summed E-state index contributed by atoms with van der Waals surface area (Å²) < 4.78 is 0. The summed E-state index contributed by atoms with van der Waals surface area (Å²) in [5.41, 5.74) is 2.28. The van der Waals surface area contributed by atoms with Crippen LogP contribution in [0.4, 0.5) is 5.69 Å². The Labute approximate surface area is 148 Å². The number of carbonyl (C=O) groups excluding carboxylic acids is 1. The van der Waals surface area contributed by atoms with Crippen LogP contribution >= 0.6 is 0 Å². The molecule has 0 radical (unpaired) electrons. The molecule has 1 aliphatic rings. The number of aromatic amines is 1. The quantitative estimate of drug-likeness (QED) is 0.501. The first-order chi connectivity index (χ1) is 12.3. The summed E-state index contributed by atoms with van der Waals surface area (Å²) in [5.74, 6) is -0.630. The van der Waals surface area contributed by atoms with Crippen molar-refractivity contribution in [2.24, 2.45) is 0 Å². The monoisotopic (exact) mass is 349 g/mol. The number of phenols is 1. The molecule has 2 aromatic carbocycles. The van der Waals surface area contributed by atoms with E-state index in [0.29, 0.717) is 33.3 Å². The van der Waals surface area contributed by atoms with Crippen molar-refractivity contribution < 1.29 is 20.3 Å². The molecule has 4 rings (SSSR count). The highest BCUT2D eigenvalue weighted by atomic mass is 16.8. The van der Waals surface area contributed by atoms with Gasteiger partial charge in [-0.05, 0) is 29.8 Å². The Morgan fingerprint density at radius 1 is 1.19 bits per heavy atom. The molecule has 3 aromatic rings. The SMILES string of the molecule is CC1(C)c2cc(O)c(N(O)O)cc2C(=O)c2c1[nH]c1cc(C#N)ccc21. The summed E-state index contributed by atoms with van der Waals surface area (Å²) in [6, 6.07) is 9.78. The number of H-pyrrole nitrogens is 1. The van der Waals surface area contributed by atoms with E-state index in [2.05, 4.69) is 11.1 Å². The number of fused-ring (bicyclic) bond motifs is 4. The summed E-state index contributed by atoms with van der Waals surface area (Å²) in [6.45, 7) is 3.82. The molecular weight excluding hydrogens is 334 g/mol. The Morgan fingerprint density at radius 2 is 1.92 bits per heavy atom. The van der Waals surface area contributed by atoms with Gasteiger partial charge in [-0.25, -0.2) is 0 Å². The highest BCUT2D eigenvalue weighted by Crippen LogP contribution is 2.46. The van der Waals surface area contributed by atoms with Gasteiger partial charge in [-0.1, -0.05) is 19.9 Å². The first-order valence-corrected chi connectivity index (χ1v) is 7.92. The summed E-state index contributed by atoms with van der Waals surface area (Å²) in [4.78, 5) is 16.4. The molecule has 7 nitrogen and oxygen atoms in total. The minimum atomic E-state index is -0.643. The molecule has 1 heterocycles. The normalized spacial score (nSPS) is 14.7. The molecule has 26 heavy (non-hydrogen) atoms. The van der Waals surface area contributed by atoms with Crippen LogP contribution in [0.15, 0.2) is 30.3 Å². The fraction of sp³-hybridized carbons (Fsp3) is 0.158. The van der Waals surface area contributed by atoms with Crippen LogP contribution in [0.3, 0.4) is 0 Å². The van der Waals surface area contributed by atoms with Gasteiger partial charge in [-0.15, -0.1) is 5.23 Å². The lowest BCUT2D eigenvalue weighted by molar-refractivity contribution is 0.0279. The Kier molecular flexibility index (Phi) is 3.15. The second kappa shape index (κ2) is 5.08. The van der Waals surface area contributed by atoms with Gasteiger partial charge in [0, 0.05) is 27.6 Å². The summed E-state index contributed by atoms with van der Waals surface area (Å²) in [5, 5.41) is 38.3. The van der Waals surface area contributed by atoms with Gasteiger partial charge in [-0.3, -0.25) is 15.2 Å². The lowest BCUT2D eigenvalue weighted by Gasteiger charge is -2.32. The number of aromatic hydroxyl groups is 1. The van der Waals surface area contributed by atoms with Crippen LogP contribution in [0.25, 0.3) is 10.9 Å². The third-order valence-electron chi connectivity index (χ3n) is 5.03. The summed E-state index contributed by atoms with van der Waals surface area (Å²) in [7, 11) is 0. The fourth-order valence-electron chi connectivity index (χ4n) is 3.68. The third-order valence-corrected chi connectivity index (χ3v) is 5.03. The van der Waals surface area contributed by atoms with Crippen molar-refractivity contribution in [2.75, 3.05) is 5.23 Å². The van der Waals surface area contributed by atoms with Crippen molar-refractivity contribution >= 4 is 22.4 Å². The zero-order valence-corrected chi connectivity index (χ0v) is 14.0. The number of nitrogens with zero attached hydrogens (tertiary/aromatic N) is 2. The standard InChI is InChI=1S/C19H15N3O4/c1-19(2)12-7-15(23)14(22(25)26)6-11(12)17(24)16-10-4-3-9(8-20)5-13(10)21-18(16)19/h3-7,21,23,25-26H,1-2H3. The highest BCUT2D eigenvalue weighted by molar-refractivity contribution is 6.20. The first kappa shape index (κ1) is 16.1. The molecule has 0 unspecified atom stereocenters. The van der Waals surface area contributed by atoms with Crippen LogP contribution in [0.2, 0.25) is 0 Å². The molecule has 4 N–H and O–H groups in total. The Balaban J connectivity index is 2.06. The number of benzene rings is 2. The molecule has 0 saturated carbocycles. The number of nitriles is 1. The molecule has 0 amide bonds. The second-order valence-electron chi connectivity index (χ2n) is 6.88. The molecule has 7 heteroatoms. The van der Waals surface area contributed by atoms with Crippen molar-refractivity contribution in [2.45, 2.75) is 19.3 Å². The molecular formula is C19H15N3O4. The van der Waals surface area contributed by atoms with Gasteiger partial charge < -0.3 is 10.1 Å². The van der Waals surface area contributed by atoms with Gasteiger partial charge in [0.2, 0.25) is 0 Å². The number of hydrogen-bond acceptors (Lipinski definition) is 6. The van der Waals surface area contributed by atoms with Crippen LogP contribution < -0.4 is 5.23 Å². The van der Waals surface area contributed by atoms with Crippen molar-refractivity contribution in [1.82, 2.24) is 4.98 Å². The largest absolute Gasteiger partial charge is 0.506 e. The zero-order chi connectivity index (χ0) is 18.8. The van der Waals surface area contributed by atoms with Gasteiger partial charge in [0.15, 0.2) is 5.78 Å². The predicted octanol–water partition coefficient (Wildman–Crippen LogP) is 3.20. The van der Waals surface area contributed by atoms with Gasteiger partial charge in [0.05, 0.1) is 17.2 Å². The lowest BCUT2D eigenvalue weighted by atomic mass is 9.71. The van der Waals surface area contributed by atoms with E-state index in [1.54, 1.807) is 18.2 Å². The van der Waals surface area contributed by atoms with Crippen molar-refractivity contribution in [3.8, 4) is 11.8 Å². The van der Waals surface area contributed by atoms with Gasteiger partial charge in [0.1, 0.15) is 11.4 Å². The van der Waals surface area contributed by atoms with Gasteiger partial charge in [-0.2, -0.15) is 5.26 Å². The minimum Gasteiger partial charge on any atom is -0.506 e. The maximum Gasteiger partial charge on any atom is 0.195 e. The van der Waals surface area contributed by atoms with Crippen LogP contribution in [-0.2, 0) is 5.41 Å².